The maximum atomic E-state index is 12.8. The first-order chi connectivity index (χ1) is 9.62. The Kier molecular flexibility index (Phi) is 3.63. The molecular formula is C15H17BrN2O2. The molecule has 0 N–H and O–H groups in total. The predicted octanol–water partition coefficient (Wildman–Crippen LogP) is 3.45. The molecular weight excluding hydrogens is 320 g/mol. The lowest BCUT2D eigenvalue weighted by Crippen LogP contribution is -2.36. The summed E-state index contributed by atoms with van der Waals surface area (Å²) in [6, 6.07) is 3.52. The van der Waals surface area contributed by atoms with Gasteiger partial charge in [0, 0.05) is 17.1 Å². The number of carbonyl (C=O) groups is 2. The molecule has 0 bridgehead atoms. The van der Waals surface area contributed by atoms with Crippen molar-refractivity contribution in [2.24, 2.45) is 5.41 Å². The van der Waals surface area contributed by atoms with E-state index in [0.29, 0.717) is 12.2 Å². The first kappa shape index (κ1) is 13.7. The first-order valence-electron chi connectivity index (χ1n) is 7.11. The Labute approximate surface area is 126 Å². The Morgan fingerprint density at radius 2 is 1.80 bits per heavy atom. The highest BCUT2D eigenvalue weighted by molar-refractivity contribution is 9.10. The maximum Gasteiger partial charge on any atom is 0.241 e. The number of rotatable bonds is 1. The molecule has 1 saturated carbocycles. The first-order valence-corrected chi connectivity index (χ1v) is 7.91. The van der Waals surface area contributed by atoms with E-state index < -0.39 is 5.41 Å². The normalized spacial score (nSPS) is 22.4. The summed E-state index contributed by atoms with van der Waals surface area (Å²) in [5.74, 6) is 0.301. The van der Waals surface area contributed by atoms with Crippen LogP contribution < -0.4 is 4.90 Å². The molecule has 106 valence electrons. The molecule has 0 atom stereocenters. The molecule has 1 aromatic rings. The van der Waals surface area contributed by atoms with Crippen molar-refractivity contribution in [2.75, 3.05) is 4.90 Å². The molecule has 2 fully saturated rings. The number of anilines is 1. The monoisotopic (exact) mass is 336 g/mol. The SMILES string of the molecule is O=C1CC2(CCCCCC2)C(=O)N1c1ccc(Br)cn1. The Balaban J connectivity index is 1.91. The smallest absolute Gasteiger partial charge is 0.241 e. The molecule has 1 aliphatic heterocycles. The lowest BCUT2D eigenvalue weighted by atomic mass is 9.79. The molecule has 4 nitrogen and oxygen atoms in total. The van der Waals surface area contributed by atoms with Crippen LogP contribution in [0.1, 0.15) is 44.9 Å². The van der Waals surface area contributed by atoms with E-state index in [0.717, 1.165) is 30.2 Å². The number of hydrogen-bond acceptors (Lipinski definition) is 3. The third-order valence-electron chi connectivity index (χ3n) is 4.40. The fraction of sp³-hybridized carbons (Fsp3) is 0.533. The van der Waals surface area contributed by atoms with Crippen LogP contribution in [0.2, 0.25) is 0 Å². The van der Waals surface area contributed by atoms with E-state index in [1.807, 2.05) is 0 Å². The number of halogens is 1. The molecule has 1 aliphatic carbocycles. The average molecular weight is 337 g/mol. The van der Waals surface area contributed by atoms with Crippen LogP contribution in [0.3, 0.4) is 0 Å². The zero-order valence-corrected chi connectivity index (χ0v) is 12.9. The molecule has 2 amide bonds. The molecule has 2 aliphatic rings. The van der Waals surface area contributed by atoms with Gasteiger partial charge >= 0.3 is 0 Å². The van der Waals surface area contributed by atoms with Gasteiger partial charge in [0.2, 0.25) is 11.8 Å². The van der Waals surface area contributed by atoms with Gasteiger partial charge in [-0.1, -0.05) is 25.7 Å². The summed E-state index contributed by atoms with van der Waals surface area (Å²) in [6.07, 6.45) is 8.06. The van der Waals surface area contributed by atoms with Crippen LogP contribution in [0.15, 0.2) is 22.8 Å². The molecule has 0 aromatic carbocycles. The molecule has 20 heavy (non-hydrogen) atoms. The second-order valence-corrected chi connectivity index (χ2v) is 6.66. The van der Waals surface area contributed by atoms with Crippen molar-refractivity contribution in [3.8, 4) is 0 Å². The van der Waals surface area contributed by atoms with Crippen LogP contribution in [0.25, 0.3) is 0 Å². The van der Waals surface area contributed by atoms with Gasteiger partial charge in [0.05, 0.1) is 5.41 Å². The number of pyridine rings is 1. The van der Waals surface area contributed by atoms with E-state index in [1.165, 1.54) is 17.7 Å². The quantitative estimate of drug-likeness (QED) is 0.738. The maximum absolute atomic E-state index is 12.8. The molecule has 3 rings (SSSR count). The summed E-state index contributed by atoms with van der Waals surface area (Å²) in [5.41, 5.74) is -0.456. The fourth-order valence-electron chi connectivity index (χ4n) is 3.32. The highest BCUT2D eigenvalue weighted by Crippen LogP contribution is 2.45. The zero-order chi connectivity index (χ0) is 14.2. The van der Waals surface area contributed by atoms with Gasteiger partial charge in [-0.3, -0.25) is 9.59 Å². The Hall–Kier alpha value is -1.23. The van der Waals surface area contributed by atoms with Crippen molar-refractivity contribution < 1.29 is 9.59 Å². The van der Waals surface area contributed by atoms with Crippen LogP contribution in [0.5, 0.6) is 0 Å². The summed E-state index contributed by atoms with van der Waals surface area (Å²) in [5, 5.41) is 0. The van der Waals surface area contributed by atoms with Gasteiger partial charge in [0.1, 0.15) is 5.82 Å². The Morgan fingerprint density at radius 1 is 1.10 bits per heavy atom. The van der Waals surface area contributed by atoms with Crippen LogP contribution >= 0.6 is 15.9 Å². The number of carbonyl (C=O) groups excluding carboxylic acids is 2. The van der Waals surface area contributed by atoms with Gasteiger partial charge in [0.15, 0.2) is 0 Å². The van der Waals surface area contributed by atoms with Crippen molar-refractivity contribution in [1.82, 2.24) is 4.98 Å². The predicted molar refractivity (Wildman–Crippen MR) is 79.2 cm³/mol. The van der Waals surface area contributed by atoms with Gasteiger partial charge in [-0.05, 0) is 40.9 Å². The van der Waals surface area contributed by atoms with Crippen molar-refractivity contribution in [3.63, 3.8) is 0 Å². The van der Waals surface area contributed by atoms with Crippen LogP contribution in [0, 0.1) is 5.41 Å². The standard InChI is InChI=1S/C15H17BrN2O2/c16-11-5-6-12(17-10-11)18-13(19)9-15(14(18)20)7-3-1-2-4-8-15/h5-6,10H,1-4,7-9H2. The topological polar surface area (TPSA) is 50.3 Å². The molecule has 0 unspecified atom stereocenters. The molecule has 1 spiro atoms. The van der Waals surface area contributed by atoms with Crippen molar-refractivity contribution in [1.29, 1.82) is 0 Å². The molecule has 5 heteroatoms. The van der Waals surface area contributed by atoms with Gasteiger partial charge in [-0.15, -0.1) is 0 Å². The van der Waals surface area contributed by atoms with Gasteiger partial charge < -0.3 is 0 Å². The molecule has 1 saturated heterocycles. The lowest BCUT2D eigenvalue weighted by molar-refractivity contribution is -0.126. The van der Waals surface area contributed by atoms with Gasteiger partial charge in [-0.2, -0.15) is 0 Å². The second-order valence-electron chi connectivity index (χ2n) is 5.74. The highest BCUT2D eigenvalue weighted by atomic mass is 79.9. The van der Waals surface area contributed by atoms with E-state index in [-0.39, 0.29) is 11.8 Å². The van der Waals surface area contributed by atoms with Gasteiger partial charge in [-0.25, -0.2) is 9.88 Å². The van der Waals surface area contributed by atoms with Gasteiger partial charge in [0.25, 0.3) is 0 Å². The largest absolute Gasteiger partial charge is 0.274 e. The lowest BCUT2D eigenvalue weighted by Gasteiger charge is -2.24. The third-order valence-corrected chi connectivity index (χ3v) is 4.87. The summed E-state index contributed by atoms with van der Waals surface area (Å²) < 4.78 is 0.838. The fourth-order valence-corrected chi connectivity index (χ4v) is 3.56. The molecule has 1 aromatic heterocycles. The number of nitrogens with zero attached hydrogens (tertiary/aromatic N) is 2. The van der Waals surface area contributed by atoms with Crippen LogP contribution in [-0.2, 0) is 9.59 Å². The van der Waals surface area contributed by atoms with Crippen molar-refractivity contribution in [3.05, 3.63) is 22.8 Å². The van der Waals surface area contributed by atoms with E-state index >= 15 is 0 Å². The van der Waals surface area contributed by atoms with E-state index in [1.54, 1.807) is 18.3 Å². The summed E-state index contributed by atoms with van der Waals surface area (Å²) >= 11 is 3.31. The molecule has 0 radical (unpaired) electrons. The number of imide groups is 1. The summed E-state index contributed by atoms with van der Waals surface area (Å²) in [4.78, 5) is 30.6. The number of amides is 2. The molecule has 2 heterocycles. The van der Waals surface area contributed by atoms with E-state index in [2.05, 4.69) is 20.9 Å². The minimum absolute atomic E-state index is 0.0424. The minimum atomic E-state index is -0.456. The zero-order valence-electron chi connectivity index (χ0n) is 11.3. The third kappa shape index (κ3) is 2.28. The summed E-state index contributed by atoms with van der Waals surface area (Å²) in [7, 11) is 0. The van der Waals surface area contributed by atoms with Crippen LogP contribution in [-0.4, -0.2) is 16.8 Å². The second kappa shape index (κ2) is 5.28. The van der Waals surface area contributed by atoms with E-state index in [4.69, 9.17) is 0 Å². The minimum Gasteiger partial charge on any atom is -0.274 e. The number of aromatic nitrogens is 1. The van der Waals surface area contributed by atoms with Crippen LogP contribution in [0.4, 0.5) is 5.82 Å². The highest BCUT2D eigenvalue weighted by Gasteiger charge is 2.51. The Morgan fingerprint density at radius 3 is 2.40 bits per heavy atom. The summed E-state index contributed by atoms with van der Waals surface area (Å²) in [6.45, 7) is 0. The van der Waals surface area contributed by atoms with Crippen molar-refractivity contribution >= 4 is 33.6 Å². The Bertz CT molecular complexity index is 533. The van der Waals surface area contributed by atoms with E-state index in [9.17, 15) is 9.59 Å². The van der Waals surface area contributed by atoms with Crippen molar-refractivity contribution in [2.45, 2.75) is 44.9 Å². The number of hydrogen-bond donors (Lipinski definition) is 0. The average Bonchev–Trinajstić information content (AvgIpc) is 2.60.